The number of nitrogens with zero attached hydrogens (tertiary/aromatic N) is 2. The molecule has 1 amide bonds. The zero-order valence-electron chi connectivity index (χ0n) is 12.9. The molecule has 7 nitrogen and oxygen atoms in total. The highest BCUT2D eigenvalue weighted by Gasteiger charge is 2.19. The Bertz CT molecular complexity index is 706. The van der Waals surface area contributed by atoms with Gasteiger partial charge in [-0.05, 0) is 18.4 Å². The molecule has 2 aromatic heterocycles. The Balaban J connectivity index is 1.96. The smallest absolute Gasteiger partial charge is 0.343 e. The first-order chi connectivity index (χ1) is 11.0. The van der Waals surface area contributed by atoms with Crippen molar-refractivity contribution in [3.05, 3.63) is 34.2 Å². The third-order valence-electron chi connectivity index (χ3n) is 3.07. The maximum absolute atomic E-state index is 12.0. The Morgan fingerprint density at radius 3 is 2.78 bits per heavy atom. The van der Waals surface area contributed by atoms with E-state index in [9.17, 15) is 14.4 Å². The number of amides is 1. The van der Waals surface area contributed by atoms with Crippen LogP contribution < -0.4 is 5.32 Å². The number of ether oxygens (including phenoxy) is 1. The van der Waals surface area contributed by atoms with E-state index in [1.54, 1.807) is 26.1 Å². The molecule has 2 heterocycles. The van der Waals surface area contributed by atoms with Gasteiger partial charge in [-0.1, -0.05) is 6.07 Å². The molecule has 0 atom stereocenters. The molecule has 0 spiro atoms. The zero-order chi connectivity index (χ0) is 16.8. The molecule has 0 aliphatic rings. The number of aryl methyl sites for hydroxylation is 1. The van der Waals surface area contributed by atoms with E-state index >= 15 is 0 Å². The van der Waals surface area contributed by atoms with Gasteiger partial charge in [0.15, 0.2) is 5.78 Å². The fourth-order valence-corrected chi connectivity index (χ4v) is 2.62. The van der Waals surface area contributed by atoms with Crippen molar-refractivity contribution in [1.82, 2.24) is 9.78 Å². The SMILES string of the molecule is CCOC(=O)c1cnn(C)c1NC(=O)CCC(=O)c1cccs1. The van der Waals surface area contributed by atoms with Gasteiger partial charge in [0.05, 0.1) is 17.7 Å². The molecule has 0 fully saturated rings. The monoisotopic (exact) mass is 335 g/mol. The topological polar surface area (TPSA) is 90.3 Å². The van der Waals surface area contributed by atoms with Crippen molar-refractivity contribution in [3.8, 4) is 0 Å². The Morgan fingerprint density at radius 2 is 2.13 bits per heavy atom. The standard InChI is InChI=1S/C15H17N3O4S/c1-3-22-15(21)10-9-16-18(2)14(10)17-13(20)7-6-11(19)12-5-4-8-23-12/h4-5,8-9H,3,6-7H2,1-2H3,(H,17,20). The second kappa shape index (κ2) is 7.68. The van der Waals surface area contributed by atoms with E-state index in [4.69, 9.17) is 4.74 Å². The number of ketones is 1. The summed E-state index contributed by atoms with van der Waals surface area (Å²) in [6.07, 6.45) is 1.48. The van der Waals surface area contributed by atoms with Crippen LogP contribution in [-0.4, -0.2) is 34.0 Å². The summed E-state index contributed by atoms with van der Waals surface area (Å²) in [5, 5.41) is 8.37. The minimum Gasteiger partial charge on any atom is -0.462 e. The Hall–Kier alpha value is -2.48. The largest absolute Gasteiger partial charge is 0.462 e. The predicted molar refractivity (Wildman–Crippen MR) is 85.7 cm³/mol. The molecule has 0 aliphatic carbocycles. The lowest BCUT2D eigenvalue weighted by molar-refractivity contribution is -0.116. The number of aromatic nitrogens is 2. The van der Waals surface area contributed by atoms with Crippen LogP contribution in [0.4, 0.5) is 5.82 Å². The second-order valence-corrected chi connectivity index (χ2v) is 5.65. The van der Waals surface area contributed by atoms with Crippen molar-refractivity contribution in [3.63, 3.8) is 0 Å². The molecule has 0 bridgehead atoms. The molecular weight excluding hydrogens is 318 g/mol. The first kappa shape index (κ1) is 16.9. The van der Waals surface area contributed by atoms with Gasteiger partial charge in [0.1, 0.15) is 11.4 Å². The van der Waals surface area contributed by atoms with E-state index in [0.717, 1.165) is 0 Å². The lowest BCUT2D eigenvalue weighted by Gasteiger charge is -2.07. The van der Waals surface area contributed by atoms with Crippen LogP contribution in [0.5, 0.6) is 0 Å². The molecule has 0 saturated heterocycles. The predicted octanol–water partition coefficient (Wildman–Crippen LogP) is 2.26. The molecular formula is C15H17N3O4S. The van der Waals surface area contributed by atoms with Crippen LogP contribution in [-0.2, 0) is 16.6 Å². The van der Waals surface area contributed by atoms with Gasteiger partial charge in [0.25, 0.3) is 0 Å². The van der Waals surface area contributed by atoms with Crippen molar-refractivity contribution in [2.45, 2.75) is 19.8 Å². The summed E-state index contributed by atoms with van der Waals surface area (Å²) < 4.78 is 6.29. The number of thiophene rings is 1. The third kappa shape index (κ3) is 4.26. The maximum atomic E-state index is 12.0. The van der Waals surface area contributed by atoms with Crippen LogP contribution in [0.15, 0.2) is 23.7 Å². The van der Waals surface area contributed by atoms with Crippen molar-refractivity contribution >= 4 is 34.8 Å². The highest BCUT2D eigenvalue weighted by molar-refractivity contribution is 7.12. The van der Waals surface area contributed by atoms with Crippen LogP contribution >= 0.6 is 11.3 Å². The van der Waals surface area contributed by atoms with Crippen LogP contribution in [0.3, 0.4) is 0 Å². The highest BCUT2D eigenvalue weighted by atomic mass is 32.1. The lowest BCUT2D eigenvalue weighted by Crippen LogP contribution is -2.18. The zero-order valence-corrected chi connectivity index (χ0v) is 13.7. The number of hydrogen-bond acceptors (Lipinski definition) is 6. The van der Waals surface area contributed by atoms with Crippen LogP contribution in [0, 0.1) is 0 Å². The summed E-state index contributed by atoms with van der Waals surface area (Å²) in [7, 11) is 1.61. The first-order valence-electron chi connectivity index (χ1n) is 7.08. The van der Waals surface area contributed by atoms with Crippen molar-refractivity contribution < 1.29 is 19.1 Å². The quantitative estimate of drug-likeness (QED) is 0.619. The fraction of sp³-hybridized carbons (Fsp3) is 0.333. The number of esters is 1. The summed E-state index contributed by atoms with van der Waals surface area (Å²) in [6.45, 7) is 1.93. The molecule has 0 saturated carbocycles. The number of Topliss-reactive ketones (excluding diaryl/α,β-unsaturated/α-hetero) is 1. The lowest BCUT2D eigenvalue weighted by atomic mass is 10.2. The minimum absolute atomic E-state index is 0.0319. The number of carbonyl (C=O) groups excluding carboxylic acids is 3. The molecule has 8 heteroatoms. The molecule has 0 radical (unpaired) electrons. The number of carbonyl (C=O) groups is 3. The molecule has 0 unspecified atom stereocenters. The normalized spacial score (nSPS) is 10.3. The van der Waals surface area contributed by atoms with Crippen LogP contribution in [0.2, 0.25) is 0 Å². The fourth-order valence-electron chi connectivity index (χ4n) is 1.93. The summed E-state index contributed by atoms with van der Waals surface area (Å²) in [6, 6.07) is 3.52. The Kier molecular flexibility index (Phi) is 5.64. The van der Waals surface area contributed by atoms with Gasteiger partial charge in [-0.3, -0.25) is 14.3 Å². The van der Waals surface area contributed by atoms with Gasteiger partial charge in [-0.25, -0.2) is 4.79 Å². The van der Waals surface area contributed by atoms with Gasteiger partial charge in [0, 0.05) is 19.9 Å². The van der Waals surface area contributed by atoms with Gasteiger partial charge in [-0.2, -0.15) is 5.10 Å². The van der Waals surface area contributed by atoms with E-state index in [-0.39, 0.29) is 42.5 Å². The molecule has 2 aromatic rings. The van der Waals surface area contributed by atoms with E-state index < -0.39 is 5.97 Å². The van der Waals surface area contributed by atoms with Gasteiger partial charge in [0.2, 0.25) is 5.91 Å². The van der Waals surface area contributed by atoms with E-state index in [0.29, 0.717) is 4.88 Å². The molecule has 0 aliphatic heterocycles. The average molecular weight is 335 g/mol. The third-order valence-corrected chi connectivity index (χ3v) is 3.98. The van der Waals surface area contributed by atoms with E-state index in [1.807, 2.05) is 5.38 Å². The highest BCUT2D eigenvalue weighted by Crippen LogP contribution is 2.17. The van der Waals surface area contributed by atoms with Crippen LogP contribution in [0.1, 0.15) is 39.8 Å². The summed E-state index contributed by atoms with van der Waals surface area (Å²) in [5.41, 5.74) is 0.187. The first-order valence-corrected chi connectivity index (χ1v) is 7.96. The number of nitrogens with one attached hydrogen (secondary N) is 1. The van der Waals surface area contributed by atoms with E-state index in [2.05, 4.69) is 10.4 Å². The molecule has 1 N–H and O–H groups in total. The van der Waals surface area contributed by atoms with Gasteiger partial charge >= 0.3 is 5.97 Å². The molecule has 2 rings (SSSR count). The van der Waals surface area contributed by atoms with Crippen molar-refractivity contribution in [2.24, 2.45) is 7.05 Å². The number of rotatable bonds is 7. The molecule has 0 aromatic carbocycles. The summed E-state index contributed by atoms with van der Waals surface area (Å²) in [4.78, 5) is 36.3. The average Bonchev–Trinajstić information content (AvgIpc) is 3.16. The summed E-state index contributed by atoms with van der Waals surface area (Å²) in [5.74, 6) is -0.725. The summed E-state index contributed by atoms with van der Waals surface area (Å²) >= 11 is 1.35. The molecule has 23 heavy (non-hydrogen) atoms. The molecule has 122 valence electrons. The van der Waals surface area contributed by atoms with Crippen LogP contribution in [0.25, 0.3) is 0 Å². The minimum atomic E-state index is -0.550. The van der Waals surface area contributed by atoms with Gasteiger partial charge < -0.3 is 10.1 Å². The van der Waals surface area contributed by atoms with Crippen molar-refractivity contribution in [1.29, 1.82) is 0 Å². The number of anilines is 1. The van der Waals surface area contributed by atoms with Crippen molar-refractivity contribution in [2.75, 3.05) is 11.9 Å². The Morgan fingerprint density at radius 1 is 1.35 bits per heavy atom. The number of hydrogen-bond donors (Lipinski definition) is 1. The Labute approximate surface area is 137 Å². The second-order valence-electron chi connectivity index (χ2n) is 4.70. The van der Waals surface area contributed by atoms with E-state index in [1.165, 1.54) is 22.2 Å². The van der Waals surface area contributed by atoms with Gasteiger partial charge in [-0.15, -0.1) is 11.3 Å². The maximum Gasteiger partial charge on any atom is 0.343 e.